The molecule has 0 bridgehead atoms. The number of ether oxygens (including phenoxy) is 1. The number of aromatic nitrogens is 2. The van der Waals surface area contributed by atoms with Crippen molar-refractivity contribution in [1.29, 1.82) is 0 Å². The first kappa shape index (κ1) is 23.8. The largest absolute Gasteiger partial charge is 0.489 e. The molecular weight excluding hydrogens is 438 g/mol. The summed E-state index contributed by atoms with van der Waals surface area (Å²) in [6.07, 6.45) is 1.62. The molecule has 3 aromatic carbocycles. The lowest BCUT2D eigenvalue weighted by Gasteiger charge is -2.20. The molecule has 0 aliphatic heterocycles. The maximum absolute atomic E-state index is 12.5. The van der Waals surface area contributed by atoms with Gasteiger partial charge in [0.2, 0.25) is 0 Å². The molecule has 0 fully saturated rings. The molecular formula is C28H29N5O2. The fourth-order valence-electron chi connectivity index (χ4n) is 3.66. The molecule has 0 saturated carbocycles. The average molecular weight is 468 g/mol. The molecule has 1 aromatic heterocycles. The van der Waals surface area contributed by atoms with E-state index in [9.17, 15) is 4.79 Å². The van der Waals surface area contributed by atoms with Gasteiger partial charge in [-0.3, -0.25) is 9.89 Å². The maximum Gasteiger partial charge on any atom is 0.289 e. The molecule has 1 heterocycles. The number of hydrogen-bond acceptors (Lipinski definition) is 5. The number of benzene rings is 3. The second-order valence-electron chi connectivity index (χ2n) is 7.93. The van der Waals surface area contributed by atoms with Crippen LogP contribution < -0.4 is 15.1 Å². The van der Waals surface area contributed by atoms with Gasteiger partial charge in [-0.25, -0.2) is 5.43 Å². The summed E-state index contributed by atoms with van der Waals surface area (Å²) in [5.41, 5.74) is 7.53. The summed E-state index contributed by atoms with van der Waals surface area (Å²) >= 11 is 0. The Morgan fingerprint density at radius 2 is 1.77 bits per heavy atom. The van der Waals surface area contributed by atoms with Crippen LogP contribution in [0.25, 0.3) is 11.3 Å². The standard InChI is InChI=1S/C28H29N5O2/c1-3-33(4-2)24-15-13-21(14-16-24)19-29-32-28(34)27-18-26(30-31-27)23-11-8-12-25(17-23)35-20-22-9-6-5-7-10-22/h5-19H,3-4,20H2,1-2H3,(H,30,31)(H,32,34)/b29-19+. The summed E-state index contributed by atoms with van der Waals surface area (Å²) in [6, 6.07) is 27.4. The zero-order valence-electron chi connectivity index (χ0n) is 19.9. The van der Waals surface area contributed by atoms with Gasteiger partial charge in [0, 0.05) is 24.3 Å². The highest BCUT2D eigenvalue weighted by Crippen LogP contribution is 2.23. The zero-order valence-corrected chi connectivity index (χ0v) is 19.9. The van der Waals surface area contributed by atoms with E-state index in [0.29, 0.717) is 18.0 Å². The van der Waals surface area contributed by atoms with Crippen molar-refractivity contribution in [3.8, 4) is 17.0 Å². The lowest BCUT2D eigenvalue weighted by Crippen LogP contribution is -2.21. The fourth-order valence-corrected chi connectivity index (χ4v) is 3.66. The molecule has 7 nitrogen and oxygen atoms in total. The van der Waals surface area contributed by atoms with Crippen molar-refractivity contribution in [2.45, 2.75) is 20.5 Å². The van der Waals surface area contributed by atoms with Crippen LogP contribution in [0.3, 0.4) is 0 Å². The van der Waals surface area contributed by atoms with E-state index >= 15 is 0 Å². The Morgan fingerprint density at radius 3 is 2.51 bits per heavy atom. The van der Waals surface area contributed by atoms with E-state index in [1.165, 1.54) is 0 Å². The van der Waals surface area contributed by atoms with Gasteiger partial charge in [-0.05, 0) is 55.3 Å². The summed E-state index contributed by atoms with van der Waals surface area (Å²) < 4.78 is 5.90. The second kappa shape index (κ2) is 11.7. The zero-order chi connectivity index (χ0) is 24.5. The van der Waals surface area contributed by atoms with Crippen molar-refractivity contribution in [3.05, 3.63) is 102 Å². The number of hydrazone groups is 1. The fraction of sp³-hybridized carbons (Fsp3) is 0.179. The van der Waals surface area contributed by atoms with Crippen molar-refractivity contribution < 1.29 is 9.53 Å². The molecule has 0 spiro atoms. The number of hydrogen-bond donors (Lipinski definition) is 2. The quantitative estimate of drug-likeness (QED) is 0.246. The molecule has 7 heteroatoms. The first-order valence-electron chi connectivity index (χ1n) is 11.7. The predicted molar refractivity (Wildman–Crippen MR) is 140 cm³/mol. The van der Waals surface area contributed by atoms with E-state index in [4.69, 9.17) is 4.74 Å². The Labute approximate surface area is 205 Å². The topological polar surface area (TPSA) is 82.6 Å². The van der Waals surface area contributed by atoms with Crippen LogP contribution in [0.15, 0.2) is 90.0 Å². The molecule has 0 saturated heterocycles. The second-order valence-corrected chi connectivity index (χ2v) is 7.93. The number of aromatic amines is 1. The maximum atomic E-state index is 12.5. The number of amides is 1. The molecule has 4 aromatic rings. The number of nitrogens with zero attached hydrogens (tertiary/aromatic N) is 3. The lowest BCUT2D eigenvalue weighted by atomic mass is 10.1. The average Bonchev–Trinajstić information content (AvgIpc) is 3.41. The van der Waals surface area contributed by atoms with Crippen LogP contribution in [-0.2, 0) is 6.61 Å². The first-order chi connectivity index (χ1) is 17.2. The van der Waals surface area contributed by atoms with Gasteiger partial charge in [-0.1, -0.05) is 54.6 Å². The minimum Gasteiger partial charge on any atom is -0.489 e. The van der Waals surface area contributed by atoms with Crippen LogP contribution in [0.5, 0.6) is 5.75 Å². The molecule has 35 heavy (non-hydrogen) atoms. The number of rotatable bonds is 10. The third-order valence-corrected chi connectivity index (χ3v) is 5.60. The van der Waals surface area contributed by atoms with Crippen LogP contribution in [0.4, 0.5) is 5.69 Å². The van der Waals surface area contributed by atoms with Crippen LogP contribution in [-0.4, -0.2) is 35.4 Å². The summed E-state index contributed by atoms with van der Waals surface area (Å²) in [5.74, 6) is 0.369. The van der Waals surface area contributed by atoms with Crippen LogP contribution in [0.2, 0.25) is 0 Å². The Bertz CT molecular complexity index is 1260. The molecule has 0 unspecified atom stereocenters. The predicted octanol–water partition coefficient (Wildman–Crippen LogP) is 5.27. The van der Waals surface area contributed by atoms with Gasteiger partial charge in [0.15, 0.2) is 0 Å². The van der Waals surface area contributed by atoms with Gasteiger partial charge in [0.1, 0.15) is 18.1 Å². The van der Waals surface area contributed by atoms with E-state index in [0.717, 1.165) is 41.2 Å². The monoisotopic (exact) mass is 467 g/mol. The number of carbonyl (C=O) groups excluding carboxylic acids is 1. The molecule has 2 N–H and O–H groups in total. The Morgan fingerprint density at radius 1 is 1.00 bits per heavy atom. The first-order valence-corrected chi connectivity index (χ1v) is 11.7. The van der Waals surface area contributed by atoms with Gasteiger partial charge < -0.3 is 9.64 Å². The smallest absolute Gasteiger partial charge is 0.289 e. The Hall–Kier alpha value is -4.39. The number of anilines is 1. The van der Waals surface area contributed by atoms with E-state index in [2.05, 4.69) is 51.6 Å². The van der Waals surface area contributed by atoms with E-state index < -0.39 is 0 Å². The normalized spacial score (nSPS) is 10.9. The van der Waals surface area contributed by atoms with Gasteiger partial charge >= 0.3 is 0 Å². The highest BCUT2D eigenvalue weighted by molar-refractivity contribution is 5.94. The molecule has 0 aliphatic rings. The van der Waals surface area contributed by atoms with Crippen molar-refractivity contribution in [3.63, 3.8) is 0 Å². The molecule has 0 aliphatic carbocycles. The van der Waals surface area contributed by atoms with Crippen molar-refractivity contribution in [1.82, 2.24) is 15.6 Å². The van der Waals surface area contributed by atoms with E-state index in [-0.39, 0.29) is 5.91 Å². The van der Waals surface area contributed by atoms with Gasteiger partial charge in [0.05, 0.1) is 11.9 Å². The lowest BCUT2D eigenvalue weighted by molar-refractivity contribution is 0.0950. The third-order valence-electron chi connectivity index (χ3n) is 5.60. The van der Waals surface area contributed by atoms with Gasteiger partial charge in [-0.2, -0.15) is 10.2 Å². The number of nitrogens with one attached hydrogen (secondary N) is 2. The SMILES string of the molecule is CCN(CC)c1ccc(/C=N/NC(=O)c2cc(-c3cccc(OCc4ccccc4)c3)n[nH]2)cc1. The van der Waals surface area contributed by atoms with Crippen LogP contribution in [0.1, 0.15) is 35.5 Å². The molecule has 0 radical (unpaired) electrons. The van der Waals surface area contributed by atoms with Crippen molar-refractivity contribution in [2.75, 3.05) is 18.0 Å². The Balaban J connectivity index is 1.34. The number of carbonyl (C=O) groups is 1. The van der Waals surface area contributed by atoms with Crippen LogP contribution in [0, 0.1) is 0 Å². The third kappa shape index (κ3) is 6.35. The number of H-pyrrole nitrogens is 1. The summed E-state index contributed by atoms with van der Waals surface area (Å²) in [5, 5.41) is 11.1. The summed E-state index contributed by atoms with van der Waals surface area (Å²) in [7, 11) is 0. The summed E-state index contributed by atoms with van der Waals surface area (Å²) in [4.78, 5) is 14.8. The van der Waals surface area contributed by atoms with Crippen molar-refractivity contribution in [2.24, 2.45) is 5.10 Å². The van der Waals surface area contributed by atoms with Crippen LogP contribution >= 0.6 is 0 Å². The molecule has 4 rings (SSSR count). The molecule has 178 valence electrons. The van der Waals surface area contributed by atoms with Gasteiger partial charge in [-0.15, -0.1) is 0 Å². The summed E-state index contributed by atoms with van der Waals surface area (Å²) in [6.45, 7) is 6.65. The molecule has 0 atom stereocenters. The minimum atomic E-state index is -0.365. The highest BCUT2D eigenvalue weighted by Gasteiger charge is 2.11. The highest BCUT2D eigenvalue weighted by atomic mass is 16.5. The van der Waals surface area contributed by atoms with Gasteiger partial charge in [0.25, 0.3) is 5.91 Å². The molecule has 1 amide bonds. The minimum absolute atomic E-state index is 0.324. The van der Waals surface area contributed by atoms with E-state index in [1.807, 2.05) is 66.7 Å². The van der Waals surface area contributed by atoms with Crippen molar-refractivity contribution >= 4 is 17.8 Å². The van der Waals surface area contributed by atoms with E-state index in [1.54, 1.807) is 12.3 Å². The Kier molecular flexibility index (Phi) is 7.91.